The number of benzene rings is 2. The van der Waals surface area contributed by atoms with Crippen LogP contribution in [0.3, 0.4) is 0 Å². The van der Waals surface area contributed by atoms with E-state index in [0.29, 0.717) is 17.1 Å². The van der Waals surface area contributed by atoms with Gasteiger partial charge in [-0.25, -0.2) is 0 Å². The summed E-state index contributed by atoms with van der Waals surface area (Å²) >= 11 is 0. The van der Waals surface area contributed by atoms with Crippen LogP contribution in [-0.4, -0.2) is 38.7 Å². The molecule has 2 aromatic carbocycles. The van der Waals surface area contributed by atoms with Crippen molar-refractivity contribution in [3.05, 3.63) is 40.1 Å². The molecule has 1 heterocycles. The molecule has 0 aliphatic rings. The van der Waals surface area contributed by atoms with Gasteiger partial charge >= 0.3 is 0 Å². The molecule has 3 rings (SSSR count). The first-order chi connectivity index (χ1) is 13.5. The first-order valence-electron chi connectivity index (χ1n) is 8.27. The second-order valence-corrected chi connectivity index (χ2v) is 5.81. The lowest BCUT2D eigenvalue weighted by molar-refractivity contribution is 0.273. The van der Waals surface area contributed by atoms with E-state index < -0.39 is 12.0 Å². The van der Waals surface area contributed by atoms with Gasteiger partial charge in [-0.3, -0.25) is 4.79 Å². The molecule has 0 unspecified atom stereocenters. The minimum atomic E-state index is -0.575. The van der Waals surface area contributed by atoms with E-state index in [9.17, 15) is 15.0 Å². The number of rotatable bonds is 6. The molecule has 0 atom stereocenters. The highest BCUT2D eigenvalue weighted by Gasteiger charge is 2.24. The Morgan fingerprint density at radius 1 is 0.929 bits per heavy atom. The average molecular weight is 388 g/mol. The number of hydrogen-bond acceptors (Lipinski definition) is 8. The maximum atomic E-state index is 13.0. The van der Waals surface area contributed by atoms with Crippen LogP contribution in [0, 0.1) is 0 Å². The van der Waals surface area contributed by atoms with Crippen molar-refractivity contribution in [2.24, 2.45) is 0 Å². The number of ether oxygens (including phenoxy) is 4. The Morgan fingerprint density at radius 2 is 1.61 bits per heavy atom. The first-order valence-corrected chi connectivity index (χ1v) is 8.27. The number of aromatic hydroxyl groups is 1. The summed E-state index contributed by atoms with van der Waals surface area (Å²) in [5.74, 6) is 0.778. The minimum absolute atomic E-state index is 0.00198. The van der Waals surface area contributed by atoms with Gasteiger partial charge in [-0.15, -0.1) is 0 Å². The van der Waals surface area contributed by atoms with Crippen LogP contribution in [0.15, 0.2) is 33.5 Å². The standard InChI is InChI=1S/C20H20O8/c1-24-13-6-5-10(8-14(13)25-2)18-20(27-4)16(23)15-12(22)7-11(9-21)17(26-3)19(15)28-18/h5-8,21-22H,9H2,1-4H3. The predicted octanol–water partition coefficient (Wildman–Crippen LogP) is 2.69. The van der Waals surface area contributed by atoms with E-state index in [2.05, 4.69) is 0 Å². The predicted molar refractivity (Wildman–Crippen MR) is 102 cm³/mol. The minimum Gasteiger partial charge on any atom is -0.507 e. The number of hydrogen-bond donors (Lipinski definition) is 2. The second-order valence-electron chi connectivity index (χ2n) is 5.81. The van der Waals surface area contributed by atoms with Crippen LogP contribution in [-0.2, 0) is 6.61 Å². The van der Waals surface area contributed by atoms with Gasteiger partial charge in [0.05, 0.1) is 35.0 Å². The van der Waals surface area contributed by atoms with Gasteiger partial charge in [0.25, 0.3) is 0 Å². The summed E-state index contributed by atoms with van der Waals surface area (Å²) < 4.78 is 27.1. The molecule has 148 valence electrons. The fraction of sp³-hybridized carbons (Fsp3) is 0.250. The molecule has 2 N–H and O–H groups in total. The number of phenols is 1. The Morgan fingerprint density at radius 3 is 2.18 bits per heavy atom. The van der Waals surface area contributed by atoms with Gasteiger partial charge in [-0.1, -0.05) is 0 Å². The van der Waals surface area contributed by atoms with Crippen LogP contribution in [0.4, 0.5) is 0 Å². The lowest BCUT2D eigenvalue weighted by atomic mass is 10.1. The summed E-state index contributed by atoms with van der Waals surface area (Å²) in [5.41, 5.74) is 0.194. The van der Waals surface area contributed by atoms with Gasteiger partial charge < -0.3 is 33.6 Å². The van der Waals surface area contributed by atoms with Crippen LogP contribution in [0.25, 0.3) is 22.3 Å². The molecule has 0 aliphatic carbocycles. The smallest absolute Gasteiger partial charge is 0.239 e. The lowest BCUT2D eigenvalue weighted by Gasteiger charge is -2.15. The van der Waals surface area contributed by atoms with Crippen LogP contribution in [0.2, 0.25) is 0 Å². The number of aliphatic hydroxyl groups excluding tert-OH is 1. The molecule has 8 nitrogen and oxygen atoms in total. The van der Waals surface area contributed by atoms with Gasteiger partial charge in [0.15, 0.2) is 28.6 Å². The monoisotopic (exact) mass is 388 g/mol. The van der Waals surface area contributed by atoms with E-state index in [4.69, 9.17) is 23.4 Å². The van der Waals surface area contributed by atoms with E-state index >= 15 is 0 Å². The molecular formula is C20H20O8. The van der Waals surface area contributed by atoms with Gasteiger partial charge in [0.2, 0.25) is 11.2 Å². The van der Waals surface area contributed by atoms with Crippen molar-refractivity contribution in [1.29, 1.82) is 0 Å². The fourth-order valence-corrected chi connectivity index (χ4v) is 3.05. The zero-order valence-corrected chi connectivity index (χ0v) is 15.9. The quantitative estimate of drug-likeness (QED) is 0.664. The molecule has 0 amide bonds. The largest absolute Gasteiger partial charge is 0.507 e. The molecule has 0 radical (unpaired) electrons. The molecule has 0 saturated carbocycles. The summed E-state index contributed by atoms with van der Waals surface area (Å²) in [5, 5.41) is 19.7. The van der Waals surface area contributed by atoms with Crippen molar-refractivity contribution >= 4 is 11.0 Å². The van der Waals surface area contributed by atoms with Crippen LogP contribution < -0.4 is 24.4 Å². The molecule has 0 fully saturated rings. The van der Waals surface area contributed by atoms with E-state index in [1.807, 2.05) is 0 Å². The third-order valence-corrected chi connectivity index (χ3v) is 4.36. The van der Waals surface area contributed by atoms with Crippen molar-refractivity contribution in [3.63, 3.8) is 0 Å². The van der Waals surface area contributed by atoms with Gasteiger partial charge in [0.1, 0.15) is 11.1 Å². The van der Waals surface area contributed by atoms with Crippen LogP contribution >= 0.6 is 0 Å². The summed E-state index contributed by atoms with van der Waals surface area (Å²) in [4.78, 5) is 13.0. The van der Waals surface area contributed by atoms with E-state index in [1.165, 1.54) is 34.5 Å². The molecule has 0 spiro atoms. The van der Waals surface area contributed by atoms with Crippen LogP contribution in [0.1, 0.15) is 5.56 Å². The van der Waals surface area contributed by atoms with Crippen molar-refractivity contribution in [2.45, 2.75) is 6.61 Å². The van der Waals surface area contributed by atoms with E-state index in [0.717, 1.165) is 0 Å². The van der Waals surface area contributed by atoms with E-state index in [1.54, 1.807) is 18.2 Å². The SMILES string of the molecule is COc1ccc(-c2oc3c(OC)c(CO)cc(O)c3c(=O)c2OC)cc1OC. The Bertz CT molecular complexity index is 1080. The molecule has 3 aromatic rings. The summed E-state index contributed by atoms with van der Waals surface area (Å²) in [6.45, 7) is -0.409. The molecule has 0 saturated heterocycles. The number of aliphatic hydroxyl groups is 1. The van der Waals surface area contributed by atoms with Crippen molar-refractivity contribution in [2.75, 3.05) is 28.4 Å². The molecule has 0 bridgehead atoms. The molecule has 1 aromatic heterocycles. The molecule has 8 heteroatoms. The highest BCUT2D eigenvalue weighted by atomic mass is 16.5. The van der Waals surface area contributed by atoms with Gasteiger partial charge in [-0.2, -0.15) is 0 Å². The maximum absolute atomic E-state index is 13.0. The first kappa shape index (κ1) is 19.4. The molecule has 0 aliphatic heterocycles. The molecule has 28 heavy (non-hydrogen) atoms. The molecular weight excluding hydrogens is 368 g/mol. The lowest BCUT2D eigenvalue weighted by Crippen LogP contribution is -2.09. The van der Waals surface area contributed by atoms with Crippen molar-refractivity contribution < 1.29 is 33.6 Å². The third-order valence-electron chi connectivity index (χ3n) is 4.36. The van der Waals surface area contributed by atoms with Crippen molar-refractivity contribution in [3.8, 4) is 40.1 Å². The zero-order valence-electron chi connectivity index (χ0n) is 15.9. The number of fused-ring (bicyclic) bond motifs is 1. The zero-order chi connectivity index (χ0) is 20.4. The van der Waals surface area contributed by atoms with Gasteiger partial charge in [0, 0.05) is 11.1 Å². The average Bonchev–Trinajstić information content (AvgIpc) is 2.72. The van der Waals surface area contributed by atoms with Crippen molar-refractivity contribution in [1.82, 2.24) is 0 Å². The topological polar surface area (TPSA) is 108 Å². The number of methoxy groups -OCH3 is 4. The third kappa shape index (κ3) is 2.97. The number of phenolic OH excluding ortho intramolecular Hbond substituents is 1. The highest BCUT2D eigenvalue weighted by Crippen LogP contribution is 2.41. The maximum Gasteiger partial charge on any atom is 0.239 e. The Kier molecular flexibility index (Phi) is 5.32. The summed E-state index contributed by atoms with van der Waals surface area (Å²) in [6, 6.07) is 6.23. The van der Waals surface area contributed by atoms with Gasteiger partial charge in [-0.05, 0) is 24.3 Å². The Hall–Kier alpha value is -3.39. The summed E-state index contributed by atoms with van der Waals surface area (Å²) in [7, 11) is 5.71. The highest BCUT2D eigenvalue weighted by molar-refractivity contribution is 5.92. The second kappa shape index (κ2) is 7.69. The normalized spacial score (nSPS) is 10.8. The Balaban J connectivity index is 2.42. The Labute approximate surface area is 160 Å². The summed E-state index contributed by atoms with van der Waals surface area (Å²) in [6.07, 6.45) is 0. The fourth-order valence-electron chi connectivity index (χ4n) is 3.05. The van der Waals surface area contributed by atoms with Crippen LogP contribution in [0.5, 0.6) is 28.7 Å². The van der Waals surface area contributed by atoms with E-state index in [-0.39, 0.29) is 39.5 Å².